The van der Waals surface area contributed by atoms with E-state index >= 15 is 0 Å². The molecule has 0 radical (unpaired) electrons. The van der Waals surface area contributed by atoms with Gasteiger partial charge in [0.15, 0.2) is 0 Å². The molecule has 0 aliphatic rings. The molecule has 0 bridgehead atoms. The van der Waals surface area contributed by atoms with Crippen molar-refractivity contribution in [3.05, 3.63) is 12.2 Å². The van der Waals surface area contributed by atoms with Gasteiger partial charge in [0.05, 0.1) is 25.4 Å². The predicted octanol–water partition coefficient (Wildman–Crippen LogP) is 22.0. The third-order valence-corrected chi connectivity index (χ3v) is 16.3. The summed E-state index contributed by atoms with van der Waals surface area (Å²) in [6, 6.07) is -0.548. The first-order valence-electron chi connectivity index (χ1n) is 34.4. The van der Waals surface area contributed by atoms with E-state index in [4.69, 9.17) is 4.74 Å². The summed E-state index contributed by atoms with van der Waals surface area (Å²) in [5.74, 6) is -0.0275. The van der Waals surface area contributed by atoms with Crippen LogP contribution in [0.1, 0.15) is 393 Å². The first kappa shape index (κ1) is 73.6. The molecule has 1 amide bonds. The molecule has 0 aromatic carbocycles. The first-order valence-corrected chi connectivity index (χ1v) is 34.4. The van der Waals surface area contributed by atoms with Gasteiger partial charge >= 0.3 is 5.97 Å². The molecule has 2 unspecified atom stereocenters. The summed E-state index contributed by atoms with van der Waals surface area (Å²) >= 11 is 0. The fourth-order valence-electron chi connectivity index (χ4n) is 11.1. The topological polar surface area (TPSA) is 95.9 Å². The molecule has 75 heavy (non-hydrogen) atoms. The number of carbonyl (C=O) groups excluding carboxylic acids is 2. The Balaban J connectivity index is 3.41. The van der Waals surface area contributed by atoms with Gasteiger partial charge in [-0.25, -0.2) is 0 Å². The molecule has 6 heteroatoms. The zero-order chi connectivity index (χ0) is 54.3. The Morgan fingerprint density at radius 1 is 0.360 bits per heavy atom. The van der Waals surface area contributed by atoms with Crippen molar-refractivity contribution in [1.82, 2.24) is 5.32 Å². The summed E-state index contributed by atoms with van der Waals surface area (Å²) in [6.07, 6.45) is 79.6. The smallest absolute Gasteiger partial charge is 0.305 e. The van der Waals surface area contributed by atoms with Gasteiger partial charge in [-0.1, -0.05) is 341 Å². The minimum absolute atomic E-state index is 0.0101. The van der Waals surface area contributed by atoms with Crippen LogP contribution < -0.4 is 5.32 Å². The van der Waals surface area contributed by atoms with Crippen LogP contribution in [0.3, 0.4) is 0 Å². The zero-order valence-corrected chi connectivity index (χ0v) is 51.1. The van der Waals surface area contributed by atoms with Crippen LogP contribution in [0.4, 0.5) is 0 Å². The standard InChI is InChI=1S/C69H135NO5/c1-3-5-7-9-11-13-15-17-18-19-20-21-22-23-24-26-29-32-35-38-41-45-49-53-57-61-67(72)66(65-71)70-68(73)62-58-54-50-46-42-39-36-33-30-27-25-28-31-34-37-40-44-48-52-56-60-64-75-69(74)63-59-55-51-47-43-16-14-12-10-8-6-4-2/h27,30,66-67,71-72H,3-26,28-29,31-65H2,1-2H3,(H,70,73)/b30-27-. The number of hydrogen-bond acceptors (Lipinski definition) is 5. The lowest BCUT2D eigenvalue weighted by molar-refractivity contribution is -0.143. The minimum Gasteiger partial charge on any atom is -0.466 e. The van der Waals surface area contributed by atoms with Gasteiger partial charge in [0.2, 0.25) is 5.91 Å². The Morgan fingerprint density at radius 2 is 0.627 bits per heavy atom. The predicted molar refractivity (Wildman–Crippen MR) is 329 cm³/mol. The average Bonchev–Trinajstić information content (AvgIpc) is 3.41. The highest BCUT2D eigenvalue weighted by Gasteiger charge is 2.20. The van der Waals surface area contributed by atoms with Gasteiger partial charge in [-0.15, -0.1) is 0 Å². The lowest BCUT2D eigenvalue weighted by Gasteiger charge is -2.22. The molecule has 0 spiro atoms. The summed E-state index contributed by atoms with van der Waals surface area (Å²) in [5.41, 5.74) is 0. The van der Waals surface area contributed by atoms with E-state index < -0.39 is 12.1 Å². The van der Waals surface area contributed by atoms with Crippen molar-refractivity contribution in [2.45, 2.75) is 405 Å². The van der Waals surface area contributed by atoms with Crippen molar-refractivity contribution >= 4 is 11.9 Å². The monoisotopic (exact) mass is 1060 g/mol. The van der Waals surface area contributed by atoms with Gasteiger partial charge in [-0.2, -0.15) is 0 Å². The molecule has 0 aromatic heterocycles. The van der Waals surface area contributed by atoms with Crippen molar-refractivity contribution in [3.8, 4) is 0 Å². The summed E-state index contributed by atoms with van der Waals surface area (Å²) in [6.45, 7) is 4.98. The number of nitrogens with one attached hydrogen (secondary N) is 1. The first-order chi connectivity index (χ1) is 37.0. The van der Waals surface area contributed by atoms with E-state index in [9.17, 15) is 19.8 Å². The Bertz CT molecular complexity index is 1130. The molecule has 0 aromatic rings. The second kappa shape index (κ2) is 65.1. The second-order valence-corrected chi connectivity index (χ2v) is 23.9. The molecule has 0 heterocycles. The maximum atomic E-state index is 12.5. The summed E-state index contributed by atoms with van der Waals surface area (Å²) in [4.78, 5) is 24.6. The van der Waals surface area contributed by atoms with E-state index in [1.165, 1.54) is 321 Å². The summed E-state index contributed by atoms with van der Waals surface area (Å²) in [5, 5.41) is 23.4. The quantitative estimate of drug-likeness (QED) is 0.0320. The van der Waals surface area contributed by atoms with Crippen molar-refractivity contribution < 1.29 is 24.5 Å². The van der Waals surface area contributed by atoms with Crippen LogP contribution in [0.5, 0.6) is 0 Å². The molecule has 0 aliphatic heterocycles. The van der Waals surface area contributed by atoms with Gasteiger partial charge in [0.25, 0.3) is 0 Å². The van der Waals surface area contributed by atoms with E-state index in [2.05, 4.69) is 31.3 Å². The number of allylic oxidation sites excluding steroid dienone is 2. The number of esters is 1. The average molecular weight is 1060 g/mol. The molecule has 446 valence electrons. The maximum Gasteiger partial charge on any atom is 0.305 e. The largest absolute Gasteiger partial charge is 0.466 e. The molecular formula is C69H135NO5. The fourth-order valence-corrected chi connectivity index (χ4v) is 11.1. The van der Waals surface area contributed by atoms with Crippen LogP contribution in [-0.2, 0) is 14.3 Å². The Hall–Kier alpha value is -1.40. The van der Waals surface area contributed by atoms with E-state index in [-0.39, 0.29) is 18.5 Å². The summed E-state index contributed by atoms with van der Waals surface area (Å²) in [7, 11) is 0. The van der Waals surface area contributed by atoms with E-state index in [1.54, 1.807) is 0 Å². The van der Waals surface area contributed by atoms with Crippen LogP contribution in [0, 0.1) is 0 Å². The van der Waals surface area contributed by atoms with Crippen molar-refractivity contribution in [2.24, 2.45) is 0 Å². The highest BCUT2D eigenvalue weighted by atomic mass is 16.5. The Morgan fingerprint density at radius 3 is 0.947 bits per heavy atom. The SMILES string of the molecule is CCCCCCCCCCCCCCCCCCCCCCCCCCCC(O)C(CO)NC(=O)CCCCCCCCC/C=C\CCCCCCCCCCCCOC(=O)CCCCCCCCCCCCCC. The molecular weight excluding hydrogens is 923 g/mol. The van der Waals surface area contributed by atoms with Crippen LogP contribution in [0.2, 0.25) is 0 Å². The number of unbranched alkanes of at least 4 members (excludes halogenated alkanes) is 52. The number of aliphatic hydroxyl groups is 2. The molecule has 6 nitrogen and oxygen atoms in total. The Labute approximate surface area is 469 Å². The number of carbonyl (C=O) groups is 2. The third-order valence-electron chi connectivity index (χ3n) is 16.3. The molecule has 2 atom stereocenters. The van der Waals surface area contributed by atoms with Gasteiger partial charge in [-0.05, 0) is 51.4 Å². The number of hydrogen-bond donors (Lipinski definition) is 3. The van der Waals surface area contributed by atoms with E-state index in [0.717, 1.165) is 38.5 Å². The molecule has 3 N–H and O–H groups in total. The maximum absolute atomic E-state index is 12.5. The van der Waals surface area contributed by atoms with Crippen LogP contribution >= 0.6 is 0 Å². The highest BCUT2D eigenvalue weighted by molar-refractivity contribution is 5.76. The zero-order valence-electron chi connectivity index (χ0n) is 51.1. The number of amides is 1. The van der Waals surface area contributed by atoms with E-state index in [0.29, 0.717) is 25.9 Å². The molecule has 0 aliphatic carbocycles. The van der Waals surface area contributed by atoms with Crippen molar-refractivity contribution in [3.63, 3.8) is 0 Å². The van der Waals surface area contributed by atoms with Gasteiger partial charge in [0, 0.05) is 12.8 Å². The molecule has 0 rings (SSSR count). The van der Waals surface area contributed by atoms with Gasteiger partial charge in [-0.3, -0.25) is 9.59 Å². The normalized spacial score (nSPS) is 12.5. The number of aliphatic hydroxyl groups excluding tert-OH is 2. The molecule has 0 fully saturated rings. The van der Waals surface area contributed by atoms with Crippen LogP contribution in [0.15, 0.2) is 12.2 Å². The summed E-state index contributed by atoms with van der Waals surface area (Å²) < 4.78 is 5.48. The lowest BCUT2D eigenvalue weighted by Crippen LogP contribution is -2.45. The number of ether oxygens (including phenoxy) is 1. The highest BCUT2D eigenvalue weighted by Crippen LogP contribution is 2.19. The second-order valence-electron chi connectivity index (χ2n) is 23.9. The fraction of sp³-hybridized carbons (Fsp3) is 0.942. The van der Waals surface area contributed by atoms with Gasteiger partial charge in [0.1, 0.15) is 0 Å². The molecule has 0 saturated carbocycles. The van der Waals surface area contributed by atoms with Crippen molar-refractivity contribution in [2.75, 3.05) is 13.2 Å². The molecule has 0 saturated heterocycles. The van der Waals surface area contributed by atoms with Crippen LogP contribution in [-0.4, -0.2) is 47.4 Å². The van der Waals surface area contributed by atoms with Crippen LogP contribution in [0.25, 0.3) is 0 Å². The lowest BCUT2D eigenvalue weighted by atomic mass is 10.0. The van der Waals surface area contributed by atoms with Gasteiger partial charge < -0.3 is 20.3 Å². The minimum atomic E-state index is -0.670. The Kier molecular flexibility index (Phi) is 63.9. The van der Waals surface area contributed by atoms with Crippen molar-refractivity contribution in [1.29, 1.82) is 0 Å². The third kappa shape index (κ3) is 61.7. The number of rotatable bonds is 65. The van der Waals surface area contributed by atoms with E-state index in [1.807, 2.05) is 0 Å².